The van der Waals surface area contributed by atoms with Gasteiger partial charge < -0.3 is 14.0 Å². The van der Waals surface area contributed by atoms with Gasteiger partial charge in [-0.1, -0.05) is 72.3 Å². The number of thioether (sulfide) groups is 1. The van der Waals surface area contributed by atoms with Gasteiger partial charge in [0, 0.05) is 5.56 Å². The van der Waals surface area contributed by atoms with Crippen molar-refractivity contribution in [3.63, 3.8) is 0 Å². The van der Waals surface area contributed by atoms with Crippen molar-refractivity contribution in [2.45, 2.75) is 16.8 Å². The predicted molar refractivity (Wildman–Crippen MR) is 148 cm³/mol. The summed E-state index contributed by atoms with van der Waals surface area (Å²) in [5.74, 6) is 0.959. The first-order valence-electron chi connectivity index (χ1n) is 10.6. The molecule has 2 atom stereocenters. The van der Waals surface area contributed by atoms with E-state index in [2.05, 4.69) is 8.44 Å². The Labute approximate surface area is 220 Å². The zero-order valence-corrected chi connectivity index (χ0v) is 22.0. The third-order valence-electron chi connectivity index (χ3n) is 5.14. The fourth-order valence-corrected chi connectivity index (χ4v) is 5.46. The van der Waals surface area contributed by atoms with Gasteiger partial charge in [0.15, 0.2) is 5.78 Å². The monoisotopic (exact) mass is 540 g/mol. The van der Waals surface area contributed by atoms with Gasteiger partial charge in [-0.2, -0.15) is 0 Å². The Bertz CT molecular complexity index is 1270. The number of benzene rings is 4. The molecule has 35 heavy (non-hydrogen) atoms. The number of phenolic OH excluding ortho intramolecular Hbond substituents is 1. The Morgan fingerprint density at radius 3 is 2.23 bits per heavy atom. The second-order valence-corrected chi connectivity index (χ2v) is 9.91. The van der Waals surface area contributed by atoms with Crippen molar-refractivity contribution >= 4 is 49.3 Å². The minimum absolute atomic E-state index is 0.0120. The number of ketones is 1. The molecule has 0 heterocycles. The number of phenols is 1. The van der Waals surface area contributed by atoms with Gasteiger partial charge in [0.2, 0.25) is 0 Å². The fourth-order valence-electron chi connectivity index (χ4n) is 3.39. The molecule has 8 heteroatoms. The van der Waals surface area contributed by atoms with E-state index in [1.54, 1.807) is 30.3 Å². The molecule has 2 unspecified atom stereocenters. The Hall–Kier alpha value is -2.63. The molecule has 4 nitrogen and oxygen atoms in total. The Morgan fingerprint density at radius 1 is 0.914 bits per heavy atom. The summed E-state index contributed by atoms with van der Waals surface area (Å²) in [6.45, 7) is 0.333. The summed E-state index contributed by atoms with van der Waals surface area (Å²) < 4.78 is 11.3. The fraction of sp³-hybridized carbons (Fsp3) is 0.0741. The molecular weight excluding hydrogens is 519 g/mol. The molecule has 0 aromatic heterocycles. The highest BCUT2D eigenvalue weighted by molar-refractivity contribution is 8.41. The minimum Gasteiger partial charge on any atom is -0.507 e. The van der Waals surface area contributed by atoms with E-state index < -0.39 is 5.25 Å². The number of aromatic hydroxyl groups is 1. The van der Waals surface area contributed by atoms with E-state index in [1.807, 2.05) is 60.7 Å². The normalized spacial score (nSPS) is 11.6. The van der Waals surface area contributed by atoms with Crippen LogP contribution in [0.15, 0.2) is 102 Å². The first-order chi connectivity index (χ1) is 17.1. The molecule has 0 spiro atoms. The van der Waals surface area contributed by atoms with Gasteiger partial charge in [-0.3, -0.25) is 4.79 Å². The van der Waals surface area contributed by atoms with Crippen molar-refractivity contribution in [2.24, 2.45) is 0 Å². The topological polar surface area (TPSA) is 55.8 Å². The summed E-state index contributed by atoms with van der Waals surface area (Å²) in [5, 5.41) is 10.3. The number of ether oxygens (including phenoxy) is 1. The molecule has 0 bridgehead atoms. The standard InChI is InChI=1S/C27H22ClO4PS2/c28-24-23(31-17-18-7-3-1-4-8-18)16-15-22(29)27(24)34-26(20-9-5-2-6-10-20)25(30)19-11-13-21(14-12-19)32-35-33/h1-16,26,29H,17,33H2. The summed E-state index contributed by atoms with van der Waals surface area (Å²) >= 11 is 9.03. The maximum absolute atomic E-state index is 13.6. The average molecular weight is 541 g/mol. The molecule has 0 saturated heterocycles. The highest BCUT2D eigenvalue weighted by Crippen LogP contribution is 2.48. The van der Waals surface area contributed by atoms with Gasteiger partial charge in [0.05, 0.1) is 26.8 Å². The highest BCUT2D eigenvalue weighted by Gasteiger charge is 2.27. The zero-order chi connectivity index (χ0) is 24.6. The summed E-state index contributed by atoms with van der Waals surface area (Å²) in [7, 11) is 2.41. The largest absolute Gasteiger partial charge is 0.507 e. The van der Waals surface area contributed by atoms with Gasteiger partial charge in [0.1, 0.15) is 23.9 Å². The summed E-state index contributed by atoms with van der Waals surface area (Å²) in [6.07, 6.45) is 0. The number of carbonyl (C=O) groups is 1. The van der Waals surface area contributed by atoms with Crippen molar-refractivity contribution in [1.29, 1.82) is 0 Å². The van der Waals surface area contributed by atoms with E-state index in [0.29, 0.717) is 28.6 Å². The molecule has 0 fully saturated rings. The van der Waals surface area contributed by atoms with Crippen LogP contribution >= 0.6 is 43.5 Å². The van der Waals surface area contributed by atoms with E-state index >= 15 is 0 Å². The van der Waals surface area contributed by atoms with Crippen molar-refractivity contribution in [3.8, 4) is 17.2 Å². The SMILES string of the molecule is O=C(c1ccc(OSP)cc1)C(Sc1c(O)ccc(OCc2ccccc2)c1Cl)c1ccccc1. The maximum atomic E-state index is 13.6. The Balaban J connectivity index is 1.63. The van der Waals surface area contributed by atoms with Gasteiger partial charge in [-0.15, -0.1) is 11.8 Å². The number of Topliss-reactive ketones (excluding diaryl/α,β-unsaturated/α-hetero) is 1. The number of carbonyl (C=O) groups excluding carboxylic acids is 1. The average Bonchev–Trinajstić information content (AvgIpc) is 2.90. The van der Waals surface area contributed by atoms with Crippen LogP contribution in [0.3, 0.4) is 0 Å². The van der Waals surface area contributed by atoms with Gasteiger partial charge in [-0.05, 0) is 56.0 Å². The molecule has 0 aliphatic carbocycles. The summed E-state index contributed by atoms with van der Waals surface area (Å²) in [5.41, 5.74) is 2.32. The maximum Gasteiger partial charge on any atom is 0.180 e. The van der Waals surface area contributed by atoms with Crippen LogP contribution in [0.1, 0.15) is 26.7 Å². The lowest BCUT2D eigenvalue weighted by Crippen LogP contribution is -2.10. The van der Waals surface area contributed by atoms with Crippen molar-refractivity contribution in [1.82, 2.24) is 0 Å². The number of hydrogen-bond donors (Lipinski definition) is 1. The quantitative estimate of drug-likeness (QED) is 0.0947. The van der Waals surface area contributed by atoms with Crippen LogP contribution in [0.2, 0.25) is 5.02 Å². The second-order valence-electron chi connectivity index (χ2n) is 7.48. The van der Waals surface area contributed by atoms with E-state index in [-0.39, 0.29) is 16.6 Å². The van der Waals surface area contributed by atoms with E-state index in [9.17, 15) is 9.90 Å². The summed E-state index contributed by atoms with van der Waals surface area (Å²) in [6, 6.07) is 29.3. The molecule has 0 radical (unpaired) electrons. The van der Waals surface area contributed by atoms with Crippen LogP contribution in [0, 0.1) is 0 Å². The lowest BCUT2D eigenvalue weighted by molar-refractivity contribution is 0.0989. The molecule has 4 aromatic rings. The van der Waals surface area contributed by atoms with Crippen LogP contribution in [0.25, 0.3) is 0 Å². The lowest BCUT2D eigenvalue weighted by Gasteiger charge is -2.19. The molecule has 1 N–H and O–H groups in total. The molecular formula is C27H22ClO4PS2. The molecule has 4 rings (SSSR count). The lowest BCUT2D eigenvalue weighted by atomic mass is 10.0. The Kier molecular flexibility index (Phi) is 9.00. The number of rotatable bonds is 10. The van der Waals surface area contributed by atoms with E-state index in [0.717, 1.165) is 22.8 Å². The third kappa shape index (κ3) is 6.53. The van der Waals surface area contributed by atoms with E-state index in [4.69, 9.17) is 20.5 Å². The van der Waals surface area contributed by atoms with Crippen LogP contribution in [0.5, 0.6) is 17.2 Å². The number of hydrogen-bond acceptors (Lipinski definition) is 6. The highest BCUT2D eigenvalue weighted by atomic mass is 35.5. The summed E-state index contributed by atoms with van der Waals surface area (Å²) in [4.78, 5) is 14.0. The van der Waals surface area contributed by atoms with Crippen LogP contribution in [-0.4, -0.2) is 10.9 Å². The molecule has 0 aliphatic rings. The Morgan fingerprint density at radius 2 is 1.57 bits per heavy atom. The third-order valence-corrected chi connectivity index (χ3v) is 7.57. The second kappa shape index (κ2) is 12.4. The predicted octanol–water partition coefficient (Wildman–Crippen LogP) is 8.16. The van der Waals surface area contributed by atoms with Crippen molar-refractivity contribution in [3.05, 3.63) is 119 Å². The first kappa shape index (κ1) is 25.5. The van der Waals surface area contributed by atoms with Crippen molar-refractivity contribution in [2.75, 3.05) is 0 Å². The van der Waals surface area contributed by atoms with Crippen LogP contribution in [0.4, 0.5) is 0 Å². The van der Waals surface area contributed by atoms with Gasteiger partial charge in [0.25, 0.3) is 0 Å². The van der Waals surface area contributed by atoms with Gasteiger partial charge in [-0.25, -0.2) is 0 Å². The van der Waals surface area contributed by atoms with Crippen LogP contribution in [-0.2, 0) is 6.61 Å². The zero-order valence-electron chi connectivity index (χ0n) is 18.5. The minimum atomic E-state index is -0.633. The van der Waals surface area contributed by atoms with Crippen molar-refractivity contribution < 1.29 is 18.8 Å². The molecule has 0 saturated carbocycles. The molecule has 0 amide bonds. The smallest absolute Gasteiger partial charge is 0.180 e. The first-order valence-corrected chi connectivity index (χ1v) is 14.1. The number of halogens is 1. The molecule has 178 valence electrons. The van der Waals surface area contributed by atoms with E-state index in [1.165, 1.54) is 17.8 Å². The van der Waals surface area contributed by atoms with Crippen LogP contribution < -0.4 is 8.92 Å². The van der Waals surface area contributed by atoms with Gasteiger partial charge >= 0.3 is 0 Å². The molecule has 4 aromatic carbocycles. The molecule has 0 aliphatic heterocycles.